The van der Waals surface area contributed by atoms with E-state index in [1.165, 1.54) is 11.1 Å². The summed E-state index contributed by atoms with van der Waals surface area (Å²) >= 11 is 0. The monoisotopic (exact) mass is 461 g/mol. The first-order chi connectivity index (χ1) is 16.4. The average Bonchev–Trinajstić information content (AvgIpc) is 3.26. The van der Waals surface area contributed by atoms with Crippen molar-refractivity contribution in [1.29, 1.82) is 0 Å². The molecule has 0 aromatic heterocycles. The zero-order valence-corrected chi connectivity index (χ0v) is 20.7. The van der Waals surface area contributed by atoms with Crippen LogP contribution in [0, 0.1) is 26.7 Å². The van der Waals surface area contributed by atoms with Gasteiger partial charge in [0, 0.05) is 13.0 Å². The molecule has 0 spiro atoms. The minimum atomic E-state index is -0.166. The topological polar surface area (TPSA) is 62.2 Å². The molecule has 6 heteroatoms. The Hall–Kier alpha value is -2.99. The number of hydrogen-bond donors (Lipinski definition) is 0. The highest BCUT2D eigenvalue weighted by Gasteiger charge is 2.36. The SMILES string of the molecule is CCOC(=O)[C@@H]1CCCN(CC(=O)N2N=C(c3cccc(C)c3)C[C@@H]2c2cc(C)ccc2C)C1. The van der Waals surface area contributed by atoms with E-state index in [-0.39, 0.29) is 30.4 Å². The molecule has 2 atom stereocenters. The number of esters is 1. The van der Waals surface area contributed by atoms with Crippen LogP contribution >= 0.6 is 0 Å². The second-order valence-corrected chi connectivity index (χ2v) is 9.56. The van der Waals surface area contributed by atoms with E-state index in [4.69, 9.17) is 9.84 Å². The summed E-state index contributed by atoms with van der Waals surface area (Å²) in [5.74, 6) is -0.354. The molecule has 6 nitrogen and oxygen atoms in total. The summed E-state index contributed by atoms with van der Waals surface area (Å²) in [6.07, 6.45) is 2.38. The number of hydrazone groups is 1. The molecular formula is C28H35N3O3. The number of benzene rings is 2. The second kappa shape index (κ2) is 10.5. The first-order valence-corrected chi connectivity index (χ1v) is 12.3. The maximum absolute atomic E-state index is 13.6. The van der Waals surface area contributed by atoms with E-state index in [2.05, 4.69) is 62.1 Å². The molecule has 1 saturated heterocycles. The summed E-state index contributed by atoms with van der Waals surface area (Å²) in [7, 11) is 0. The number of hydrogen-bond acceptors (Lipinski definition) is 5. The minimum Gasteiger partial charge on any atom is -0.466 e. The molecule has 2 aliphatic heterocycles. The minimum absolute atomic E-state index is 0.0296. The quantitative estimate of drug-likeness (QED) is 0.592. The standard InChI is InChI=1S/C28H35N3O3/c1-5-34-28(33)23-10-7-13-30(17-23)18-27(32)31-26(24-15-20(3)11-12-21(24)4)16-25(29-31)22-9-6-8-19(2)14-22/h6,8-9,11-12,14-15,23,26H,5,7,10,13,16-18H2,1-4H3/t23-,26-/m1/s1. The van der Waals surface area contributed by atoms with Gasteiger partial charge in [-0.2, -0.15) is 5.10 Å². The van der Waals surface area contributed by atoms with Crippen LogP contribution in [0.15, 0.2) is 47.6 Å². The van der Waals surface area contributed by atoms with Gasteiger partial charge in [0.15, 0.2) is 0 Å². The average molecular weight is 462 g/mol. The Bertz CT molecular complexity index is 1090. The fourth-order valence-corrected chi connectivity index (χ4v) is 5.02. The first kappa shape index (κ1) is 24.1. The van der Waals surface area contributed by atoms with Crippen molar-refractivity contribution in [3.63, 3.8) is 0 Å². The molecular weight excluding hydrogens is 426 g/mol. The van der Waals surface area contributed by atoms with Gasteiger partial charge in [0.1, 0.15) is 0 Å². The zero-order valence-electron chi connectivity index (χ0n) is 20.7. The Kier molecular flexibility index (Phi) is 7.47. The van der Waals surface area contributed by atoms with Crippen LogP contribution in [0.2, 0.25) is 0 Å². The second-order valence-electron chi connectivity index (χ2n) is 9.56. The summed E-state index contributed by atoms with van der Waals surface area (Å²) in [6.45, 7) is 10.1. The number of nitrogens with zero attached hydrogens (tertiary/aromatic N) is 3. The van der Waals surface area contributed by atoms with Crippen molar-refractivity contribution in [2.45, 2.75) is 53.0 Å². The Morgan fingerprint density at radius 1 is 1.09 bits per heavy atom. The Labute approximate surface area is 202 Å². The molecule has 1 fully saturated rings. The lowest BCUT2D eigenvalue weighted by atomic mass is 9.93. The van der Waals surface area contributed by atoms with Crippen molar-refractivity contribution < 1.29 is 14.3 Å². The number of carbonyl (C=O) groups is 2. The zero-order chi connectivity index (χ0) is 24.2. The fraction of sp³-hybridized carbons (Fsp3) is 0.464. The van der Waals surface area contributed by atoms with Crippen molar-refractivity contribution in [1.82, 2.24) is 9.91 Å². The molecule has 0 unspecified atom stereocenters. The molecule has 2 aliphatic rings. The number of amides is 1. The summed E-state index contributed by atoms with van der Waals surface area (Å²) in [6, 6.07) is 14.6. The van der Waals surface area contributed by atoms with Crippen molar-refractivity contribution in [2.75, 3.05) is 26.2 Å². The van der Waals surface area contributed by atoms with Gasteiger partial charge in [0.25, 0.3) is 5.91 Å². The summed E-state index contributed by atoms with van der Waals surface area (Å²) in [5, 5.41) is 6.55. The van der Waals surface area contributed by atoms with Gasteiger partial charge in [-0.15, -0.1) is 0 Å². The fourth-order valence-electron chi connectivity index (χ4n) is 5.02. The van der Waals surface area contributed by atoms with E-state index < -0.39 is 0 Å². The highest BCUT2D eigenvalue weighted by atomic mass is 16.5. The van der Waals surface area contributed by atoms with Crippen molar-refractivity contribution in [2.24, 2.45) is 11.0 Å². The molecule has 0 N–H and O–H groups in total. The number of likely N-dealkylation sites (tertiary alicyclic amines) is 1. The van der Waals surface area contributed by atoms with Crippen LogP contribution in [-0.2, 0) is 14.3 Å². The van der Waals surface area contributed by atoms with Crippen LogP contribution in [-0.4, -0.2) is 53.7 Å². The van der Waals surface area contributed by atoms with Gasteiger partial charge >= 0.3 is 5.97 Å². The highest BCUT2D eigenvalue weighted by molar-refractivity contribution is 6.03. The van der Waals surface area contributed by atoms with Crippen LogP contribution in [0.1, 0.15) is 60.0 Å². The predicted molar refractivity (Wildman–Crippen MR) is 134 cm³/mol. The van der Waals surface area contributed by atoms with E-state index in [0.717, 1.165) is 41.8 Å². The van der Waals surface area contributed by atoms with Crippen LogP contribution < -0.4 is 0 Å². The summed E-state index contributed by atoms with van der Waals surface area (Å²) < 4.78 is 5.22. The number of carbonyl (C=O) groups excluding carboxylic acids is 2. The van der Waals surface area contributed by atoms with Crippen LogP contribution in [0.5, 0.6) is 0 Å². The highest BCUT2D eigenvalue weighted by Crippen LogP contribution is 2.35. The van der Waals surface area contributed by atoms with Gasteiger partial charge in [-0.25, -0.2) is 5.01 Å². The number of piperidine rings is 1. The molecule has 1 amide bonds. The first-order valence-electron chi connectivity index (χ1n) is 12.3. The lowest BCUT2D eigenvalue weighted by Gasteiger charge is -2.32. The molecule has 2 aromatic rings. The van der Waals surface area contributed by atoms with E-state index in [1.807, 2.05) is 13.0 Å². The molecule has 180 valence electrons. The van der Waals surface area contributed by atoms with Crippen LogP contribution in [0.3, 0.4) is 0 Å². The summed E-state index contributed by atoms with van der Waals surface area (Å²) in [4.78, 5) is 27.9. The number of ether oxygens (including phenoxy) is 1. The van der Waals surface area contributed by atoms with Crippen molar-refractivity contribution in [3.05, 3.63) is 70.3 Å². The maximum Gasteiger partial charge on any atom is 0.310 e. The lowest BCUT2D eigenvalue weighted by Crippen LogP contribution is -2.44. The molecule has 2 aromatic carbocycles. The Morgan fingerprint density at radius 3 is 2.65 bits per heavy atom. The molecule has 0 saturated carbocycles. The van der Waals surface area contributed by atoms with Crippen molar-refractivity contribution in [3.8, 4) is 0 Å². The van der Waals surface area contributed by atoms with Gasteiger partial charge in [0.05, 0.1) is 30.8 Å². The van der Waals surface area contributed by atoms with Crippen LogP contribution in [0.4, 0.5) is 0 Å². The largest absolute Gasteiger partial charge is 0.466 e. The number of rotatable bonds is 6. The van der Waals surface area contributed by atoms with E-state index >= 15 is 0 Å². The molecule has 0 radical (unpaired) electrons. The number of aryl methyl sites for hydroxylation is 3. The normalized spacial score (nSPS) is 20.8. The Balaban J connectivity index is 1.58. The van der Waals surface area contributed by atoms with Crippen molar-refractivity contribution >= 4 is 17.6 Å². The molecule has 0 bridgehead atoms. The molecule has 4 rings (SSSR count). The van der Waals surface area contributed by atoms with Gasteiger partial charge < -0.3 is 4.74 Å². The lowest BCUT2D eigenvalue weighted by molar-refractivity contribution is -0.150. The molecule has 2 heterocycles. The third-order valence-electron chi connectivity index (χ3n) is 6.80. The van der Waals surface area contributed by atoms with Gasteiger partial charge in [0.2, 0.25) is 0 Å². The smallest absolute Gasteiger partial charge is 0.310 e. The predicted octanol–water partition coefficient (Wildman–Crippen LogP) is 4.56. The summed E-state index contributed by atoms with van der Waals surface area (Å²) in [5.41, 5.74) is 6.64. The molecule has 34 heavy (non-hydrogen) atoms. The van der Waals surface area contributed by atoms with E-state index in [1.54, 1.807) is 5.01 Å². The van der Waals surface area contributed by atoms with E-state index in [9.17, 15) is 9.59 Å². The van der Waals surface area contributed by atoms with Gasteiger partial charge in [-0.1, -0.05) is 53.6 Å². The molecule has 0 aliphatic carbocycles. The maximum atomic E-state index is 13.6. The third-order valence-corrected chi connectivity index (χ3v) is 6.80. The van der Waals surface area contributed by atoms with E-state index in [0.29, 0.717) is 19.6 Å². The van der Waals surface area contributed by atoms with Gasteiger partial charge in [-0.05, 0) is 63.8 Å². The van der Waals surface area contributed by atoms with Gasteiger partial charge in [-0.3, -0.25) is 14.5 Å². The third kappa shape index (κ3) is 5.39. The Morgan fingerprint density at radius 2 is 1.88 bits per heavy atom. The van der Waals surface area contributed by atoms with Crippen LogP contribution in [0.25, 0.3) is 0 Å².